The van der Waals surface area contributed by atoms with Crippen molar-refractivity contribution < 1.29 is 9.90 Å². The number of hydrogen-bond donors (Lipinski definition) is 1. The Morgan fingerprint density at radius 2 is 2.33 bits per heavy atom. The van der Waals surface area contributed by atoms with Crippen LogP contribution in [-0.4, -0.2) is 20.6 Å². The third-order valence-electron chi connectivity index (χ3n) is 3.86. The van der Waals surface area contributed by atoms with E-state index in [1.54, 1.807) is 12.1 Å². The largest absolute Gasteiger partial charge is 0.478 e. The van der Waals surface area contributed by atoms with Crippen molar-refractivity contribution in [1.82, 2.24) is 9.55 Å². The van der Waals surface area contributed by atoms with E-state index >= 15 is 0 Å². The van der Waals surface area contributed by atoms with Crippen LogP contribution >= 0.6 is 0 Å². The van der Waals surface area contributed by atoms with Crippen molar-refractivity contribution in [2.75, 3.05) is 0 Å². The molecule has 1 aliphatic rings. The summed E-state index contributed by atoms with van der Waals surface area (Å²) in [5.74, 6) is 0.707. The number of aromatic carboxylic acids is 1. The number of imidazole rings is 1. The monoisotopic (exact) mass is 244 g/mol. The van der Waals surface area contributed by atoms with Crippen LogP contribution in [0.4, 0.5) is 0 Å². The Morgan fingerprint density at radius 3 is 2.94 bits per heavy atom. The van der Waals surface area contributed by atoms with E-state index in [-0.39, 0.29) is 0 Å². The number of hydrogen-bond acceptors (Lipinski definition) is 2. The highest BCUT2D eigenvalue weighted by molar-refractivity contribution is 6.01. The molecule has 2 atom stereocenters. The smallest absolute Gasteiger partial charge is 0.337 e. The van der Waals surface area contributed by atoms with Crippen LogP contribution in [0.25, 0.3) is 11.0 Å². The molecule has 1 heterocycles. The molecule has 1 aromatic carbocycles. The van der Waals surface area contributed by atoms with Gasteiger partial charge in [-0.05, 0) is 31.4 Å². The molecule has 1 N–H and O–H groups in total. The lowest BCUT2D eigenvalue weighted by Gasteiger charge is -2.07. The summed E-state index contributed by atoms with van der Waals surface area (Å²) in [6.45, 7) is 4.13. The van der Waals surface area contributed by atoms with E-state index in [1.807, 2.05) is 13.0 Å². The molecule has 4 nitrogen and oxygen atoms in total. The fraction of sp³-hybridized carbons (Fsp3) is 0.429. The summed E-state index contributed by atoms with van der Waals surface area (Å²) in [5.41, 5.74) is 1.92. The minimum absolute atomic E-state index is 0.356. The summed E-state index contributed by atoms with van der Waals surface area (Å²) in [4.78, 5) is 15.8. The van der Waals surface area contributed by atoms with Gasteiger partial charge in [0.05, 0.1) is 16.6 Å². The van der Waals surface area contributed by atoms with E-state index < -0.39 is 5.97 Å². The summed E-state index contributed by atoms with van der Waals surface area (Å²) < 4.78 is 2.12. The average molecular weight is 244 g/mol. The first kappa shape index (κ1) is 11.3. The maximum atomic E-state index is 11.3. The van der Waals surface area contributed by atoms with Gasteiger partial charge < -0.3 is 9.67 Å². The second-order valence-electron chi connectivity index (χ2n) is 4.98. The number of carboxylic acid groups (broad SMARTS) is 1. The quantitative estimate of drug-likeness (QED) is 0.902. The molecule has 1 aliphatic carbocycles. The van der Waals surface area contributed by atoms with Crippen molar-refractivity contribution in [3.05, 3.63) is 29.6 Å². The average Bonchev–Trinajstić information content (AvgIpc) is 3.03. The van der Waals surface area contributed by atoms with Gasteiger partial charge in [0.25, 0.3) is 0 Å². The SMILES string of the molecule is CCC1CC1n1c(C)nc2cccc(C(=O)O)c21. The Bertz CT molecular complexity index is 630. The number of aromatic nitrogens is 2. The van der Waals surface area contributed by atoms with Gasteiger partial charge >= 0.3 is 5.97 Å². The molecule has 0 amide bonds. The molecular formula is C14H16N2O2. The van der Waals surface area contributed by atoms with Crippen LogP contribution < -0.4 is 0 Å². The summed E-state index contributed by atoms with van der Waals surface area (Å²) in [5, 5.41) is 9.30. The number of rotatable bonds is 3. The van der Waals surface area contributed by atoms with Crippen molar-refractivity contribution in [1.29, 1.82) is 0 Å². The Labute approximate surface area is 105 Å². The van der Waals surface area contributed by atoms with Crippen molar-refractivity contribution in [3.8, 4) is 0 Å². The van der Waals surface area contributed by atoms with Crippen LogP contribution in [0.3, 0.4) is 0 Å². The van der Waals surface area contributed by atoms with Crippen LogP contribution in [0.15, 0.2) is 18.2 Å². The van der Waals surface area contributed by atoms with E-state index in [2.05, 4.69) is 16.5 Å². The van der Waals surface area contributed by atoms with Gasteiger partial charge in [-0.3, -0.25) is 0 Å². The second kappa shape index (κ2) is 3.83. The number of nitrogens with zero attached hydrogens (tertiary/aromatic N) is 2. The maximum Gasteiger partial charge on any atom is 0.337 e. The lowest BCUT2D eigenvalue weighted by Crippen LogP contribution is -2.04. The van der Waals surface area contributed by atoms with Gasteiger partial charge in [0, 0.05) is 6.04 Å². The Morgan fingerprint density at radius 1 is 1.56 bits per heavy atom. The van der Waals surface area contributed by atoms with Gasteiger partial charge in [-0.1, -0.05) is 19.4 Å². The molecule has 1 saturated carbocycles. The van der Waals surface area contributed by atoms with Gasteiger partial charge in [0.2, 0.25) is 0 Å². The fourth-order valence-corrected chi connectivity index (χ4v) is 2.83. The minimum atomic E-state index is -0.879. The first-order chi connectivity index (χ1) is 8.63. The van der Waals surface area contributed by atoms with Gasteiger partial charge in [0.1, 0.15) is 5.82 Å². The first-order valence-corrected chi connectivity index (χ1v) is 6.34. The zero-order valence-corrected chi connectivity index (χ0v) is 10.6. The number of carbonyl (C=O) groups is 1. The molecule has 0 bridgehead atoms. The van der Waals surface area contributed by atoms with Crippen molar-refractivity contribution >= 4 is 17.0 Å². The lowest BCUT2D eigenvalue weighted by atomic mass is 10.2. The van der Waals surface area contributed by atoms with Crippen molar-refractivity contribution in [2.45, 2.75) is 32.7 Å². The predicted molar refractivity (Wildman–Crippen MR) is 68.9 cm³/mol. The molecular weight excluding hydrogens is 228 g/mol. The predicted octanol–water partition coefficient (Wildman–Crippen LogP) is 3.01. The number of para-hydroxylation sites is 1. The van der Waals surface area contributed by atoms with Crippen molar-refractivity contribution in [3.63, 3.8) is 0 Å². The van der Waals surface area contributed by atoms with E-state index in [9.17, 15) is 9.90 Å². The molecule has 94 valence electrons. The van der Waals surface area contributed by atoms with Gasteiger partial charge in [-0.25, -0.2) is 9.78 Å². The molecule has 2 aromatic rings. The third-order valence-corrected chi connectivity index (χ3v) is 3.86. The molecule has 4 heteroatoms. The number of benzene rings is 1. The number of carboxylic acids is 1. The molecule has 0 spiro atoms. The number of aryl methyl sites for hydroxylation is 1. The number of fused-ring (bicyclic) bond motifs is 1. The van der Waals surface area contributed by atoms with Gasteiger partial charge in [-0.15, -0.1) is 0 Å². The first-order valence-electron chi connectivity index (χ1n) is 6.34. The van der Waals surface area contributed by atoms with E-state index in [1.165, 1.54) is 0 Å². The van der Waals surface area contributed by atoms with Crippen LogP contribution in [0.2, 0.25) is 0 Å². The van der Waals surface area contributed by atoms with Crippen molar-refractivity contribution in [2.24, 2.45) is 5.92 Å². The topological polar surface area (TPSA) is 55.1 Å². The van der Waals surface area contributed by atoms with Crippen LogP contribution in [-0.2, 0) is 0 Å². The molecule has 2 unspecified atom stereocenters. The highest BCUT2D eigenvalue weighted by Gasteiger charge is 2.39. The fourth-order valence-electron chi connectivity index (χ4n) is 2.83. The molecule has 1 fully saturated rings. The Kier molecular flexibility index (Phi) is 2.40. The van der Waals surface area contributed by atoms with E-state index in [4.69, 9.17) is 0 Å². The zero-order valence-electron chi connectivity index (χ0n) is 10.6. The van der Waals surface area contributed by atoms with Crippen LogP contribution in [0, 0.1) is 12.8 Å². The molecule has 1 aromatic heterocycles. The molecule has 0 saturated heterocycles. The summed E-state index contributed by atoms with van der Waals surface area (Å²) >= 11 is 0. The van der Waals surface area contributed by atoms with Gasteiger partial charge in [-0.2, -0.15) is 0 Å². The Balaban J connectivity index is 2.24. The lowest BCUT2D eigenvalue weighted by molar-refractivity contribution is 0.0698. The molecule has 0 radical (unpaired) electrons. The maximum absolute atomic E-state index is 11.3. The summed E-state index contributed by atoms with van der Waals surface area (Å²) in [6.07, 6.45) is 2.27. The Hall–Kier alpha value is -1.84. The molecule has 0 aliphatic heterocycles. The van der Waals surface area contributed by atoms with Crippen LogP contribution in [0.1, 0.15) is 42.0 Å². The summed E-state index contributed by atoms with van der Waals surface area (Å²) in [7, 11) is 0. The van der Waals surface area contributed by atoms with Crippen LogP contribution in [0.5, 0.6) is 0 Å². The molecule has 3 rings (SSSR count). The normalized spacial score (nSPS) is 22.3. The zero-order chi connectivity index (χ0) is 12.9. The van der Waals surface area contributed by atoms with E-state index in [0.717, 1.165) is 29.7 Å². The highest BCUT2D eigenvalue weighted by atomic mass is 16.4. The summed E-state index contributed by atoms with van der Waals surface area (Å²) in [6, 6.07) is 5.73. The van der Waals surface area contributed by atoms with Gasteiger partial charge in [0.15, 0.2) is 0 Å². The van der Waals surface area contributed by atoms with E-state index in [0.29, 0.717) is 17.5 Å². The third kappa shape index (κ3) is 1.52. The standard InChI is InChI=1S/C14H16N2O2/c1-3-9-7-12(9)16-8(2)15-11-6-4-5-10(13(11)16)14(17)18/h4-6,9,12H,3,7H2,1-2H3,(H,17,18). The highest BCUT2D eigenvalue weighted by Crippen LogP contribution is 2.47. The minimum Gasteiger partial charge on any atom is -0.478 e. The molecule has 18 heavy (non-hydrogen) atoms. The second-order valence-corrected chi connectivity index (χ2v) is 4.98.